The van der Waals surface area contributed by atoms with Crippen LogP contribution in [-0.2, 0) is 0 Å². The summed E-state index contributed by atoms with van der Waals surface area (Å²) >= 11 is 1.16. The van der Waals surface area contributed by atoms with Crippen molar-refractivity contribution in [3.8, 4) is 17.4 Å². The van der Waals surface area contributed by atoms with Crippen molar-refractivity contribution < 1.29 is 9.84 Å². The van der Waals surface area contributed by atoms with Crippen LogP contribution >= 0.6 is 11.5 Å². The van der Waals surface area contributed by atoms with E-state index in [4.69, 9.17) is 10.5 Å². The number of hydrogen-bond acceptors (Lipinski definition) is 7. The third kappa shape index (κ3) is 3.65. The SMILES string of the molecule is CNC(N)c1c(O)nsc1Nc1ccc(Oc2ccccc2)cc1. The topological polar surface area (TPSA) is 92.4 Å². The molecule has 0 spiro atoms. The van der Waals surface area contributed by atoms with Crippen LogP contribution in [0.25, 0.3) is 0 Å². The summed E-state index contributed by atoms with van der Waals surface area (Å²) in [5.41, 5.74) is 7.34. The number of aromatic nitrogens is 1. The van der Waals surface area contributed by atoms with Crippen LogP contribution in [0, 0.1) is 0 Å². The molecular formula is C17H18N4O2S. The molecular weight excluding hydrogens is 324 g/mol. The highest BCUT2D eigenvalue weighted by molar-refractivity contribution is 7.10. The predicted molar refractivity (Wildman–Crippen MR) is 96.0 cm³/mol. The molecule has 0 saturated heterocycles. The van der Waals surface area contributed by atoms with Gasteiger partial charge in [0.25, 0.3) is 0 Å². The smallest absolute Gasteiger partial charge is 0.231 e. The molecule has 0 saturated carbocycles. The summed E-state index contributed by atoms with van der Waals surface area (Å²) in [5, 5.41) is 16.7. The standard InChI is InChI=1S/C17H18N4O2S/c1-19-15(18)14-16(22)21-24-17(14)20-11-7-9-13(10-8-11)23-12-5-3-2-4-6-12/h2-10,15,19-20H,18H2,1H3,(H,21,22). The van der Waals surface area contributed by atoms with E-state index in [1.165, 1.54) is 0 Å². The molecule has 1 unspecified atom stereocenters. The Kier molecular flexibility index (Phi) is 4.95. The number of aromatic hydroxyl groups is 1. The zero-order valence-corrected chi connectivity index (χ0v) is 13.9. The van der Waals surface area contributed by atoms with Crippen molar-refractivity contribution in [2.45, 2.75) is 6.17 Å². The molecule has 0 fully saturated rings. The van der Waals surface area contributed by atoms with E-state index in [-0.39, 0.29) is 5.88 Å². The van der Waals surface area contributed by atoms with Crippen LogP contribution in [0.3, 0.4) is 0 Å². The largest absolute Gasteiger partial charge is 0.492 e. The third-order valence-electron chi connectivity index (χ3n) is 3.42. The van der Waals surface area contributed by atoms with Gasteiger partial charge < -0.3 is 26.2 Å². The molecule has 0 aliphatic rings. The van der Waals surface area contributed by atoms with Gasteiger partial charge in [0, 0.05) is 5.69 Å². The number of rotatable bonds is 6. The van der Waals surface area contributed by atoms with Gasteiger partial charge in [-0.1, -0.05) is 18.2 Å². The Balaban J connectivity index is 1.73. The lowest BCUT2D eigenvalue weighted by atomic mass is 10.2. The normalized spacial score (nSPS) is 11.9. The summed E-state index contributed by atoms with van der Waals surface area (Å²) in [5.74, 6) is 1.47. The van der Waals surface area contributed by atoms with Crippen molar-refractivity contribution in [3.05, 3.63) is 60.2 Å². The van der Waals surface area contributed by atoms with Crippen molar-refractivity contribution in [1.82, 2.24) is 9.69 Å². The fourth-order valence-electron chi connectivity index (χ4n) is 2.17. The fraction of sp³-hybridized carbons (Fsp3) is 0.118. The molecule has 0 aliphatic carbocycles. The van der Waals surface area contributed by atoms with Gasteiger partial charge in [0.05, 0.1) is 11.7 Å². The molecule has 5 N–H and O–H groups in total. The summed E-state index contributed by atoms with van der Waals surface area (Å²) in [6.07, 6.45) is -0.494. The molecule has 2 aromatic carbocycles. The average Bonchev–Trinajstić information content (AvgIpc) is 2.97. The van der Waals surface area contributed by atoms with E-state index in [2.05, 4.69) is 15.0 Å². The molecule has 7 heteroatoms. The number of anilines is 2. The minimum Gasteiger partial charge on any atom is -0.492 e. The first kappa shape index (κ1) is 16.3. The number of nitrogens with two attached hydrogens (primary N) is 1. The van der Waals surface area contributed by atoms with Crippen molar-refractivity contribution in [2.24, 2.45) is 5.73 Å². The number of benzene rings is 2. The Bertz CT molecular complexity index is 790. The molecule has 0 amide bonds. The van der Waals surface area contributed by atoms with Gasteiger partial charge in [-0.15, -0.1) is 0 Å². The molecule has 0 aliphatic heterocycles. The van der Waals surface area contributed by atoms with E-state index in [1.54, 1.807) is 7.05 Å². The molecule has 24 heavy (non-hydrogen) atoms. The molecule has 124 valence electrons. The van der Waals surface area contributed by atoms with Gasteiger partial charge in [-0.25, -0.2) is 0 Å². The lowest BCUT2D eigenvalue weighted by Crippen LogP contribution is -2.25. The Labute approximate surface area is 144 Å². The van der Waals surface area contributed by atoms with Crippen LogP contribution < -0.4 is 21.1 Å². The first-order chi connectivity index (χ1) is 11.7. The van der Waals surface area contributed by atoms with Crippen LogP contribution in [0.4, 0.5) is 10.7 Å². The third-order valence-corrected chi connectivity index (χ3v) is 4.19. The maximum atomic E-state index is 9.84. The minimum absolute atomic E-state index is 0.0617. The highest BCUT2D eigenvalue weighted by atomic mass is 32.1. The number of para-hydroxylation sites is 1. The van der Waals surface area contributed by atoms with Gasteiger partial charge in [0.15, 0.2) is 0 Å². The number of nitrogens with one attached hydrogen (secondary N) is 2. The van der Waals surface area contributed by atoms with Gasteiger partial charge in [0.2, 0.25) is 5.88 Å². The van der Waals surface area contributed by atoms with Gasteiger partial charge in [0.1, 0.15) is 16.5 Å². The zero-order valence-electron chi connectivity index (χ0n) is 13.1. The van der Waals surface area contributed by atoms with E-state index < -0.39 is 6.17 Å². The van der Waals surface area contributed by atoms with Crippen LogP contribution in [0.5, 0.6) is 17.4 Å². The van der Waals surface area contributed by atoms with Crippen molar-refractivity contribution in [1.29, 1.82) is 0 Å². The maximum Gasteiger partial charge on any atom is 0.231 e. The fourth-order valence-corrected chi connectivity index (χ4v) is 2.92. The zero-order chi connectivity index (χ0) is 16.9. The average molecular weight is 342 g/mol. The molecule has 6 nitrogen and oxygen atoms in total. The summed E-state index contributed by atoms with van der Waals surface area (Å²) in [6.45, 7) is 0. The lowest BCUT2D eigenvalue weighted by Gasteiger charge is -2.12. The summed E-state index contributed by atoms with van der Waals surface area (Å²) in [6, 6.07) is 17.1. The maximum absolute atomic E-state index is 9.84. The molecule has 1 atom stereocenters. The number of hydrogen-bond donors (Lipinski definition) is 4. The highest BCUT2D eigenvalue weighted by Crippen LogP contribution is 2.35. The summed E-state index contributed by atoms with van der Waals surface area (Å²) in [4.78, 5) is 0. The molecule has 0 radical (unpaired) electrons. The Hall–Kier alpha value is -2.61. The van der Waals surface area contributed by atoms with Crippen LogP contribution in [-0.4, -0.2) is 16.5 Å². The van der Waals surface area contributed by atoms with E-state index in [0.717, 1.165) is 28.7 Å². The Morgan fingerprint density at radius 2 is 1.75 bits per heavy atom. The van der Waals surface area contributed by atoms with Crippen molar-refractivity contribution in [2.75, 3.05) is 12.4 Å². The molecule has 0 bridgehead atoms. The van der Waals surface area contributed by atoms with Crippen LogP contribution in [0.1, 0.15) is 11.7 Å². The van der Waals surface area contributed by atoms with Crippen molar-refractivity contribution in [3.63, 3.8) is 0 Å². The van der Waals surface area contributed by atoms with Gasteiger partial charge in [-0.05, 0) is 55.0 Å². The monoisotopic (exact) mass is 342 g/mol. The van der Waals surface area contributed by atoms with Crippen LogP contribution in [0.15, 0.2) is 54.6 Å². The second-order valence-corrected chi connectivity index (χ2v) is 5.85. The first-order valence-corrected chi connectivity index (χ1v) is 8.16. The summed E-state index contributed by atoms with van der Waals surface area (Å²) < 4.78 is 9.70. The summed E-state index contributed by atoms with van der Waals surface area (Å²) in [7, 11) is 1.72. The van der Waals surface area contributed by atoms with Gasteiger partial charge in [-0.2, -0.15) is 4.37 Å². The van der Waals surface area contributed by atoms with Crippen LogP contribution in [0.2, 0.25) is 0 Å². The predicted octanol–water partition coefficient (Wildman–Crippen LogP) is 3.56. The molecule has 3 rings (SSSR count). The van der Waals surface area contributed by atoms with Gasteiger partial charge in [-0.3, -0.25) is 0 Å². The molecule has 1 heterocycles. The molecule has 3 aromatic rings. The minimum atomic E-state index is -0.494. The number of nitrogens with zero attached hydrogens (tertiary/aromatic N) is 1. The first-order valence-electron chi connectivity index (χ1n) is 7.38. The second kappa shape index (κ2) is 7.31. The van der Waals surface area contributed by atoms with E-state index in [1.807, 2.05) is 54.6 Å². The van der Waals surface area contributed by atoms with E-state index >= 15 is 0 Å². The second-order valence-electron chi connectivity index (χ2n) is 5.08. The lowest BCUT2D eigenvalue weighted by molar-refractivity contribution is 0.442. The van der Waals surface area contributed by atoms with E-state index in [9.17, 15) is 5.11 Å². The quantitative estimate of drug-likeness (QED) is 0.512. The highest BCUT2D eigenvalue weighted by Gasteiger charge is 2.18. The van der Waals surface area contributed by atoms with E-state index in [0.29, 0.717) is 10.6 Å². The van der Waals surface area contributed by atoms with Gasteiger partial charge >= 0.3 is 0 Å². The molecule has 1 aromatic heterocycles. The van der Waals surface area contributed by atoms with Crippen molar-refractivity contribution >= 4 is 22.2 Å². The Morgan fingerprint density at radius 1 is 1.08 bits per heavy atom. The Morgan fingerprint density at radius 3 is 2.42 bits per heavy atom. The number of ether oxygens (including phenoxy) is 1.